The summed E-state index contributed by atoms with van der Waals surface area (Å²) in [7, 11) is 0. The molecule has 0 aliphatic rings. The molecule has 0 unspecified atom stereocenters. The first kappa shape index (κ1) is 9.90. The van der Waals surface area contributed by atoms with Gasteiger partial charge >= 0.3 is 0 Å². The van der Waals surface area contributed by atoms with E-state index in [9.17, 15) is 0 Å². The van der Waals surface area contributed by atoms with Crippen molar-refractivity contribution < 1.29 is 0 Å². The molecule has 0 spiro atoms. The number of hydrogen-bond donors (Lipinski definition) is 0. The summed E-state index contributed by atoms with van der Waals surface area (Å²) >= 11 is 10.6. The van der Waals surface area contributed by atoms with Crippen molar-refractivity contribution in [3.63, 3.8) is 0 Å². The smallest absolute Gasteiger partial charge is 0.0717 e. The zero-order chi connectivity index (χ0) is 9.42. The van der Waals surface area contributed by atoms with Gasteiger partial charge in [0.25, 0.3) is 0 Å². The molecule has 0 amide bonds. The summed E-state index contributed by atoms with van der Waals surface area (Å²) in [6, 6.07) is 6.41. The molecule has 0 N–H and O–H groups in total. The third-order valence-electron chi connectivity index (χ3n) is 1.62. The van der Waals surface area contributed by atoms with E-state index in [0.717, 1.165) is 0 Å². The van der Waals surface area contributed by atoms with Crippen LogP contribution < -0.4 is 0 Å². The summed E-state index contributed by atoms with van der Waals surface area (Å²) in [5.74, 6) is 0. The van der Waals surface area contributed by atoms with Crippen molar-refractivity contribution in [2.45, 2.75) is 6.92 Å². The van der Waals surface area contributed by atoms with Crippen molar-refractivity contribution in [1.82, 2.24) is 0 Å². The van der Waals surface area contributed by atoms with Gasteiger partial charge in [0.2, 0.25) is 0 Å². The molecule has 0 bridgehead atoms. The zero-order valence-electron chi connectivity index (χ0n) is 6.80. The Hall–Kier alpha value is 0.360. The van der Waals surface area contributed by atoms with Crippen molar-refractivity contribution >= 4 is 54.5 Å². The molecule has 2 aromatic rings. The van der Waals surface area contributed by atoms with E-state index < -0.39 is 0 Å². The number of halogens is 2. The lowest BCUT2D eigenvalue weighted by Gasteiger charge is -1.90. The molecule has 0 nitrogen and oxygen atoms in total. The van der Waals surface area contributed by atoms with E-state index in [0.29, 0.717) is 0 Å². The first-order valence-corrected chi connectivity index (χ1v) is 6.90. The summed E-state index contributed by atoms with van der Waals surface area (Å²) in [4.78, 5) is 4.00. The summed E-state index contributed by atoms with van der Waals surface area (Å²) < 4.78 is 2.34. The Morgan fingerprint density at radius 2 is 1.92 bits per heavy atom. The fourth-order valence-corrected chi connectivity index (χ4v) is 4.82. The Labute approximate surface area is 102 Å². The fourth-order valence-electron chi connectivity index (χ4n) is 1.07. The monoisotopic (exact) mass is 336 g/mol. The zero-order valence-corrected chi connectivity index (χ0v) is 11.6. The van der Waals surface area contributed by atoms with Crippen LogP contribution >= 0.6 is 54.5 Å². The number of thiophene rings is 2. The maximum absolute atomic E-state index is 3.55. The molecule has 68 valence electrons. The van der Waals surface area contributed by atoms with Crippen LogP contribution in [0.25, 0.3) is 9.75 Å². The largest absolute Gasteiger partial charge is 0.140 e. The third kappa shape index (κ3) is 2.06. The number of aryl methyl sites for hydroxylation is 1. The molecule has 0 fully saturated rings. The highest BCUT2D eigenvalue weighted by Crippen LogP contribution is 2.41. The molecule has 4 heteroatoms. The first-order valence-electron chi connectivity index (χ1n) is 3.68. The van der Waals surface area contributed by atoms with Crippen LogP contribution in [0.5, 0.6) is 0 Å². The SMILES string of the molecule is Cc1ccc(-c2sc(Br)cc2Br)s1. The average Bonchev–Trinajstić information content (AvgIpc) is 2.58. The van der Waals surface area contributed by atoms with Crippen molar-refractivity contribution in [2.24, 2.45) is 0 Å². The summed E-state index contributed by atoms with van der Waals surface area (Å²) in [5, 5.41) is 0. The Bertz CT molecular complexity index is 429. The molecule has 13 heavy (non-hydrogen) atoms. The lowest BCUT2D eigenvalue weighted by molar-refractivity contribution is 1.64. The Morgan fingerprint density at radius 3 is 2.38 bits per heavy atom. The van der Waals surface area contributed by atoms with Gasteiger partial charge in [-0.3, -0.25) is 0 Å². The van der Waals surface area contributed by atoms with Crippen LogP contribution in [0.4, 0.5) is 0 Å². The van der Waals surface area contributed by atoms with Crippen molar-refractivity contribution in [2.75, 3.05) is 0 Å². The molecule has 0 saturated carbocycles. The normalized spacial score (nSPS) is 10.7. The predicted octanol–water partition coefficient (Wildman–Crippen LogP) is 5.31. The lowest BCUT2D eigenvalue weighted by Crippen LogP contribution is -1.61. The van der Waals surface area contributed by atoms with Gasteiger partial charge in [0.05, 0.1) is 8.66 Å². The molecular weight excluding hydrogens is 332 g/mol. The van der Waals surface area contributed by atoms with Gasteiger partial charge in [-0.25, -0.2) is 0 Å². The van der Waals surface area contributed by atoms with Crippen molar-refractivity contribution in [3.05, 3.63) is 31.3 Å². The lowest BCUT2D eigenvalue weighted by atomic mass is 10.4. The van der Waals surface area contributed by atoms with E-state index in [-0.39, 0.29) is 0 Å². The van der Waals surface area contributed by atoms with Gasteiger partial charge in [-0.2, -0.15) is 0 Å². The van der Waals surface area contributed by atoms with Gasteiger partial charge < -0.3 is 0 Å². The van der Waals surface area contributed by atoms with Gasteiger partial charge in [-0.05, 0) is 57.0 Å². The first-order chi connectivity index (χ1) is 6.16. The fraction of sp³-hybridized carbons (Fsp3) is 0.111. The highest BCUT2D eigenvalue weighted by atomic mass is 79.9. The van der Waals surface area contributed by atoms with Gasteiger partial charge in [0, 0.05) is 14.2 Å². The number of rotatable bonds is 1. The molecule has 2 aromatic heterocycles. The standard InChI is InChI=1S/C9H6Br2S2/c1-5-2-3-7(12-5)9-6(10)4-8(11)13-9/h2-4H,1H3. The predicted molar refractivity (Wildman–Crippen MR) is 67.8 cm³/mol. The van der Waals surface area contributed by atoms with E-state index in [1.54, 1.807) is 11.3 Å². The second kappa shape index (κ2) is 3.85. The molecule has 2 rings (SSSR count). The van der Waals surface area contributed by atoms with Crippen LogP contribution in [-0.2, 0) is 0 Å². The van der Waals surface area contributed by atoms with Crippen LogP contribution in [0.15, 0.2) is 26.5 Å². The maximum atomic E-state index is 3.55. The second-order valence-corrected chi connectivity index (χ2v) is 7.21. The van der Waals surface area contributed by atoms with E-state index >= 15 is 0 Å². The van der Waals surface area contributed by atoms with Gasteiger partial charge in [-0.15, -0.1) is 22.7 Å². The quantitative estimate of drug-likeness (QED) is 0.661. The molecule has 0 aliphatic heterocycles. The van der Waals surface area contributed by atoms with Crippen LogP contribution in [0.2, 0.25) is 0 Å². The van der Waals surface area contributed by atoms with Crippen LogP contribution in [0, 0.1) is 6.92 Å². The highest BCUT2D eigenvalue weighted by molar-refractivity contribution is 9.11. The summed E-state index contributed by atoms with van der Waals surface area (Å²) in [6.07, 6.45) is 0. The van der Waals surface area contributed by atoms with Gasteiger partial charge in [-0.1, -0.05) is 0 Å². The van der Waals surface area contributed by atoms with Gasteiger partial charge in [0.15, 0.2) is 0 Å². The minimum atomic E-state index is 1.17. The molecule has 0 saturated heterocycles. The van der Waals surface area contributed by atoms with E-state index in [1.165, 1.54) is 22.9 Å². The third-order valence-corrected chi connectivity index (χ3v) is 5.33. The minimum Gasteiger partial charge on any atom is -0.140 e. The molecule has 0 atom stereocenters. The van der Waals surface area contributed by atoms with Crippen LogP contribution in [-0.4, -0.2) is 0 Å². The molecule has 0 aliphatic carbocycles. The Morgan fingerprint density at radius 1 is 1.15 bits per heavy atom. The summed E-state index contributed by atoms with van der Waals surface area (Å²) in [5.41, 5.74) is 0. The molecule has 0 radical (unpaired) electrons. The van der Waals surface area contributed by atoms with E-state index in [4.69, 9.17) is 0 Å². The van der Waals surface area contributed by atoms with Gasteiger partial charge in [0.1, 0.15) is 0 Å². The van der Waals surface area contributed by atoms with E-state index in [1.807, 2.05) is 11.3 Å². The maximum Gasteiger partial charge on any atom is 0.0717 e. The molecular formula is C9H6Br2S2. The number of hydrogen-bond acceptors (Lipinski definition) is 2. The highest BCUT2D eigenvalue weighted by Gasteiger charge is 2.08. The average molecular weight is 338 g/mol. The molecule has 0 aromatic carbocycles. The van der Waals surface area contributed by atoms with Crippen molar-refractivity contribution in [3.8, 4) is 9.75 Å². The Kier molecular flexibility index (Phi) is 2.93. The summed E-state index contributed by atoms with van der Waals surface area (Å²) in [6.45, 7) is 2.13. The molecule has 2 heterocycles. The van der Waals surface area contributed by atoms with Crippen LogP contribution in [0.1, 0.15) is 4.88 Å². The van der Waals surface area contributed by atoms with Crippen molar-refractivity contribution in [1.29, 1.82) is 0 Å². The Balaban J connectivity index is 2.51. The second-order valence-electron chi connectivity index (χ2n) is 2.64. The van der Waals surface area contributed by atoms with Crippen LogP contribution in [0.3, 0.4) is 0 Å². The van der Waals surface area contributed by atoms with E-state index in [2.05, 4.69) is 57.0 Å². The minimum absolute atomic E-state index is 1.17. The topological polar surface area (TPSA) is 0 Å².